The first kappa shape index (κ1) is 16.1. The van der Waals surface area contributed by atoms with Gasteiger partial charge in [0, 0.05) is 13.1 Å². The molecule has 22 heavy (non-hydrogen) atoms. The second-order valence-electron chi connectivity index (χ2n) is 4.91. The van der Waals surface area contributed by atoms with Gasteiger partial charge >= 0.3 is 0 Å². The number of nitrogens with zero attached hydrogens (tertiary/aromatic N) is 3. The van der Waals surface area contributed by atoms with Crippen molar-refractivity contribution in [3.8, 4) is 11.6 Å². The molecule has 7 heteroatoms. The van der Waals surface area contributed by atoms with Crippen LogP contribution in [0.3, 0.4) is 0 Å². The van der Waals surface area contributed by atoms with E-state index in [0.717, 1.165) is 25.5 Å². The van der Waals surface area contributed by atoms with Gasteiger partial charge in [-0.05, 0) is 25.5 Å². The summed E-state index contributed by atoms with van der Waals surface area (Å²) in [6.45, 7) is 6.44. The molecule has 0 radical (unpaired) electrons. The van der Waals surface area contributed by atoms with E-state index in [2.05, 4.69) is 37.7 Å². The van der Waals surface area contributed by atoms with Gasteiger partial charge in [0.15, 0.2) is 11.7 Å². The Kier molecular flexibility index (Phi) is 6.47. The molecule has 0 spiro atoms. The molecular weight excluding hydrogens is 280 g/mol. The highest BCUT2D eigenvalue weighted by Gasteiger charge is 2.07. The van der Waals surface area contributed by atoms with Gasteiger partial charge in [0.25, 0.3) is 0 Å². The third-order valence-corrected chi connectivity index (χ3v) is 3.08. The van der Waals surface area contributed by atoms with E-state index in [0.29, 0.717) is 24.0 Å². The van der Waals surface area contributed by atoms with Gasteiger partial charge in [-0.15, -0.1) is 5.10 Å². The Bertz CT molecular complexity index is 560. The third-order valence-electron chi connectivity index (χ3n) is 3.08. The predicted molar refractivity (Wildman–Crippen MR) is 86.4 cm³/mol. The summed E-state index contributed by atoms with van der Waals surface area (Å²) >= 11 is 0. The van der Waals surface area contributed by atoms with Gasteiger partial charge in [-0.25, -0.2) is 9.98 Å². The molecule has 0 unspecified atom stereocenters. The molecule has 2 aromatic heterocycles. The molecule has 0 bridgehead atoms. The van der Waals surface area contributed by atoms with Crippen molar-refractivity contribution in [1.29, 1.82) is 0 Å². The molecule has 0 atom stereocenters. The zero-order valence-electron chi connectivity index (χ0n) is 13.2. The number of nitrogens with one attached hydrogen (secondary N) is 3. The highest BCUT2D eigenvalue weighted by atomic mass is 16.3. The number of hydrogen-bond donors (Lipinski definition) is 3. The minimum atomic E-state index is 0.441. The van der Waals surface area contributed by atoms with Crippen molar-refractivity contribution in [3.63, 3.8) is 0 Å². The van der Waals surface area contributed by atoms with E-state index in [-0.39, 0.29) is 0 Å². The Labute approximate surface area is 130 Å². The maximum Gasteiger partial charge on any atom is 0.216 e. The van der Waals surface area contributed by atoms with E-state index in [1.54, 1.807) is 6.26 Å². The van der Waals surface area contributed by atoms with Crippen molar-refractivity contribution in [3.05, 3.63) is 24.2 Å². The second-order valence-corrected chi connectivity index (χ2v) is 4.91. The van der Waals surface area contributed by atoms with Crippen LogP contribution in [0.25, 0.3) is 11.6 Å². The first-order chi connectivity index (χ1) is 10.8. The molecule has 2 rings (SSSR count). The van der Waals surface area contributed by atoms with Gasteiger partial charge in [-0.2, -0.15) is 0 Å². The van der Waals surface area contributed by atoms with Crippen LogP contribution in [0.4, 0.5) is 0 Å². The Hall–Kier alpha value is -2.31. The molecule has 2 heterocycles. The summed E-state index contributed by atoms with van der Waals surface area (Å²) < 4.78 is 5.27. The van der Waals surface area contributed by atoms with Gasteiger partial charge in [0.05, 0.1) is 6.26 Å². The summed E-state index contributed by atoms with van der Waals surface area (Å²) in [6, 6.07) is 3.64. The Morgan fingerprint density at radius 3 is 2.95 bits per heavy atom. The molecule has 0 fully saturated rings. The number of aromatic amines is 1. The highest BCUT2D eigenvalue weighted by molar-refractivity contribution is 5.79. The number of guanidine groups is 1. The van der Waals surface area contributed by atoms with Crippen LogP contribution in [0.15, 0.2) is 27.8 Å². The van der Waals surface area contributed by atoms with Gasteiger partial charge in [-0.3, -0.25) is 5.10 Å². The van der Waals surface area contributed by atoms with Crippen LogP contribution in [-0.4, -0.2) is 34.2 Å². The van der Waals surface area contributed by atoms with Crippen LogP contribution in [0, 0.1) is 0 Å². The summed E-state index contributed by atoms with van der Waals surface area (Å²) in [5.74, 6) is 2.71. The highest BCUT2D eigenvalue weighted by Crippen LogP contribution is 2.14. The average molecular weight is 304 g/mol. The monoisotopic (exact) mass is 304 g/mol. The van der Waals surface area contributed by atoms with Crippen molar-refractivity contribution in [2.45, 2.75) is 39.7 Å². The van der Waals surface area contributed by atoms with Crippen molar-refractivity contribution in [2.75, 3.05) is 13.1 Å². The van der Waals surface area contributed by atoms with E-state index in [4.69, 9.17) is 4.42 Å². The molecule has 0 amide bonds. The smallest absolute Gasteiger partial charge is 0.216 e. The Morgan fingerprint density at radius 2 is 2.23 bits per heavy atom. The van der Waals surface area contributed by atoms with Crippen molar-refractivity contribution in [2.24, 2.45) is 4.99 Å². The standard InChI is InChI=1S/C15H24N6O/c1-3-5-6-9-17-15(16-4-2)18-11-13-19-14(21-20-13)12-8-7-10-22-12/h7-8,10H,3-6,9,11H2,1-2H3,(H2,16,17,18)(H,19,20,21). The lowest BCUT2D eigenvalue weighted by molar-refractivity contribution is 0.577. The Morgan fingerprint density at radius 1 is 1.32 bits per heavy atom. The fourth-order valence-electron chi connectivity index (χ4n) is 1.96. The summed E-state index contributed by atoms with van der Waals surface area (Å²) in [6.07, 6.45) is 5.18. The zero-order chi connectivity index (χ0) is 15.6. The molecule has 3 N–H and O–H groups in total. The largest absolute Gasteiger partial charge is 0.461 e. The van der Waals surface area contributed by atoms with Gasteiger partial charge in [-0.1, -0.05) is 19.8 Å². The van der Waals surface area contributed by atoms with Crippen LogP contribution < -0.4 is 10.6 Å². The van der Waals surface area contributed by atoms with E-state index in [9.17, 15) is 0 Å². The molecule has 0 aliphatic rings. The van der Waals surface area contributed by atoms with E-state index in [1.165, 1.54) is 12.8 Å². The minimum absolute atomic E-state index is 0.441. The molecule has 120 valence electrons. The lowest BCUT2D eigenvalue weighted by Gasteiger charge is -2.10. The van der Waals surface area contributed by atoms with E-state index < -0.39 is 0 Å². The molecule has 7 nitrogen and oxygen atoms in total. The topological polar surface area (TPSA) is 91.1 Å². The first-order valence-electron chi connectivity index (χ1n) is 7.80. The molecule has 0 aliphatic carbocycles. The predicted octanol–water partition coefficient (Wildman–Crippen LogP) is 2.31. The molecule has 0 saturated carbocycles. The number of aromatic nitrogens is 3. The van der Waals surface area contributed by atoms with Crippen molar-refractivity contribution < 1.29 is 4.42 Å². The van der Waals surface area contributed by atoms with E-state index >= 15 is 0 Å². The lowest BCUT2D eigenvalue weighted by Crippen LogP contribution is -2.37. The normalized spacial score (nSPS) is 11.6. The summed E-state index contributed by atoms with van der Waals surface area (Å²) in [5, 5.41) is 13.6. The van der Waals surface area contributed by atoms with Crippen LogP contribution in [0.5, 0.6) is 0 Å². The van der Waals surface area contributed by atoms with E-state index in [1.807, 2.05) is 19.1 Å². The number of furan rings is 1. The number of hydrogen-bond acceptors (Lipinski definition) is 4. The summed E-state index contributed by atoms with van der Waals surface area (Å²) in [5.41, 5.74) is 0. The number of H-pyrrole nitrogens is 1. The van der Waals surface area contributed by atoms with Crippen molar-refractivity contribution in [1.82, 2.24) is 25.8 Å². The van der Waals surface area contributed by atoms with Crippen LogP contribution in [0.1, 0.15) is 38.9 Å². The average Bonchev–Trinajstić information content (AvgIpc) is 3.19. The van der Waals surface area contributed by atoms with Gasteiger partial charge in [0.1, 0.15) is 12.4 Å². The quantitative estimate of drug-likeness (QED) is 0.395. The van der Waals surface area contributed by atoms with Crippen LogP contribution in [-0.2, 0) is 6.54 Å². The minimum Gasteiger partial charge on any atom is -0.461 e. The molecule has 0 aliphatic heterocycles. The van der Waals surface area contributed by atoms with Crippen molar-refractivity contribution >= 4 is 5.96 Å². The maximum absolute atomic E-state index is 5.27. The fourth-order valence-corrected chi connectivity index (χ4v) is 1.96. The molecular formula is C15H24N6O. The third kappa shape index (κ3) is 4.91. The maximum atomic E-state index is 5.27. The summed E-state index contributed by atoms with van der Waals surface area (Å²) in [4.78, 5) is 8.88. The second kappa shape index (κ2) is 8.86. The number of rotatable bonds is 8. The van der Waals surface area contributed by atoms with Gasteiger partial charge < -0.3 is 15.1 Å². The first-order valence-corrected chi connectivity index (χ1v) is 7.80. The lowest BCUT2D eigenvalue weighted by atomic mass is 10.2. The number of unbranched alkanes of at least 4 members (excludes halogenated alkanes) is 2. The van der Waals surface area contributed by atoms with Crippen LogP contribution in [0.2, 0.25) is 0 Å². The summed E-state index contributed by atoms with van der Waals surface area (Å²) in [7, 11) is 0. The van der Waals surface area contributed by atoms with Crippen LogP contribution >= 0.6 is 0 Å². The molecule has 0 aromatic carbocycles. The zero-order valence-corrected chi connectivity index (χ0v) is 13.2. The SMILES string of the molecule is CCCCCNC(=NCc1nc(-c2ccco2)n[nH]1)NCC. The Balaban J connectivity index is 1.89. The number of aliphatic imine (C=N–C) groups is 1. The molecule has 2 aromatic rings. The van der Waals surface area contributed by atoms with Gasteiger partial charge in [0.2, 0.25) is 5.82 Å². The molecule has 0 saturated heterocycles. The fraction of sp³-hybridized carbons (Fsp3) is 0.533.